The predicted octanol–water partition coefficient (Wildman–Crippen LogP) is 11.2. The second-order valence-corrected chi connectivity index (χ2v) is 23.4. The maximum absolute atomic E-state index is 8.15. The van der Waals surface area contributed by atoms with E-state index in [0.29, 0.717) is 22.4 Å². The van der Waals surface area contributed by atoms with Crippen LogP contribution >= 0.6 is 0 Å². The minimum Gasteiger partial charge on any atom is 0 e. The molecule has 0 unspecified atom stereocenters. The maximum atomic E-state index is 8.15. The number of nitrogens with zero attached hydrogens (tertiary/aromatic N) is 2. The van der Waals surface area contributed by atoms with Crippen molar-refractivity contribution < 1.29 is 28.6 Å². The molecule has 8 rings (SSSR count). The Bertz CT molecular complexity index is 2430. The van der Waals surface area contributed by atoms with Crippen molar-refractivity contribution in [3.05, 3.63) is 164 Å². The molecule has 0 amide bonds. The number of benzene rings is 5. The molecule has 3 aromatic heterocycles. The minimum atomic E-state index is -2.30. The van der Waals surface area contributed by atoms with Crippen LogP contribution in [0.5, 0.6) is 0 Å². The molecule has 8 aromatic rings. The zero-order chi connectivity index (χ0) is 35.6. The summed E-state index contributed by atoms with van der Waals surface area (Å²) >= 11 is -1.72. The zero-order valence-corrected chi connectivity index (χ0v) is 32.0. The molecule has 0 fully saturated rings. The van der Waals surface area contributed by atoms with E-state index in [1.54, 1.807) is 12.3 Å². The molecular weight excluding hydrogens is 837 g/mol. The fraction of sp³-hybridized carbons (Fsp3) is 0.0909. The molecule has 0 aliphatic carbocycles. The first-order valence-electron chi connectivity index (χ1n) is 17.5. The van der Waals surface area contributed by atoms with Gasteiger partial charge in [0.05, 0.1) is 5.58 Å². The standard InChI is InChI=1S/C30H20NO.C14H16GeN.Ir/c1-20-17-28(31-19-27(20)22-11-6-3-7-12-22)26-14-8-13-25-24-16-15-23(18-29(24)32-30(25)26)21-9-4-2-5-10-21;1-15(2,3)13-9-10-14(16-11-13)12-7-5-4-6-8-12;/h2-13,15-19H,1H3;4-7,9-11H,1-3H3;/q2*-1;/i1D3;;. The van der Waals surface area contributed by atoms with Gasteiger partial charge in [-0.05, 0) is 40.9 Å². The molecule has 3 heterocycles. The summed E-state index contributed by atoms with van der Waals surface area (Å²) in [7, 11) is 0. The van der Waals surface area contributed by atoms with Gasteiger partial charge in [0.15, 0.2) is 0 Å². The molecule has 1 radical (unpaired) electrons. The summed E-state index contributed by atoms with van der Waals surface area (Å²) in [6.45, 7) is -2.30. The van der Waals surface area contributed by atoms with Crippen LogP contribution in [0.25, 0.3) is 66.7 Å². The number of hydrogen-bond acceptors (Lipinski definition) is 3. The van der Waals surface area contributed by atoms with Gasteiger partial charge >= 0.3 is 99.8 Å². The maximum Gasteiger partial charge on any atom is 0 e. The quantitative estimate of drug-likeness (QED) is 0.128. The third-order valence-corrected chi connectivity index (χ3v) is 12.7. The number of pyridine rings is 2. The van der Waals surface area contributed by atoms with Crippen LogP contribution in [-0.2, 0) is 20.1 Å². The van der Waals surface area contributed by atoms with Crippen LogP contribution in [0.15, 0.2) is 150 Å². The molecule has 0 N–H and O–H groups in total. The van der Waals surface area contributed by atoms with E-state index in [1.807, 2.05) is 97.2 Å². The summed E-state index contributed by atoms with van der Waals surface area (Å²) in [6.07, 6.45) is 3.67. The van der Waals surface area contributed by atoms with Gasteiger partial charge in [0, 0.05) is 41.4 Å². The first-order chi connectivity index (χ1) is 24.6. The van der Waals surface area contributed by atoms with Crippen molar-refractivity contribution >= 4 is 39.6 Å². The molecule has 49 heavy (non-hydrogen) atoms. The smallest absolute Gasteiger partial charge is 0 e. The fourth-order valence-electron chi connectivity index (χ4n) is 5.73. The Labute approximate surface area is 309 Å². The molecule has 0 bridgehead atoms. The largest absolute Gasteiger partial charge is 0 e. The van der Waals surface area contributed by atoms with Gasteiger partial charge < -0.3 is 9.40 Å². The van der Waals surface area contributed by atoms with Gasteiger partial charge in [0.2, 0.25) is 0 Å². The van der Waals surface area contributed by atoms with E-state index in [0.717, 1.165) is 44.3 Å². The number of hydrogen-bond donors (Lipinski definition) is 0. The molecule has 0 saturated carbocycles. The second-order valence-electron chi connectivity index (χ2n) is 12.7. The molecule has 3 nitrogen and oxygen atoms in total. The van der Waals surface area contributed by atoms with Gasteiger partial charge in [-0.15, -0.1) is 18.2 Å². The van der Waals surface area contributed by atoms with Crippen LogP contribution < -0.4 is 4.40 Å². The second kappa shape index (κ2) is 14.9. The van der Waals surface area contributed by atoms with Gasteiger partial charge in [-0.1, -0.05) is 89.8 Å². The normalized spacial score (nSPS) is 12.3. The summed E-state index contributed by atoms with van der Waals surface area (Å²) in [6, 6.07) is 50.0. The van der Waals surface area contributed by atoms with Crippen LogP contribution in [0.4, 0.5) is 0 Å². The van der Waals surface area contributed by atoms with Gasteiger partial charge in [-0.3, -0.25) is 0 Å². The molecule has 0 aliphatic rings. The van der Waals surface area contributed by atoms with E-state index in [4.69, 9.17) is 8.53 Å². The van der Waals surface area contributed by atoms with Gasteiger partial charge in [-0.2, -0.15) is 0 Å². The van der Waals surface area contributed by atoms with Crippen molar-refractivity contribution in [3.8, 4) is 44.8 Å². The Kier molecular flexibility index (Phi) is 9.25. The van der Waals surface area contributed by atoms with E-state index in [-0.39, 0.29) is 25.7 Å². The van der Waals surface area contributed by atoms with Crippen molar-refractivity contribution in [2.75, 3.05) is 0 Å². The van der Waals surface area contributed by atoms with E-state index in [1.165, 1.54) is 4.40 Å². The Morgan fingerprint density at radius 1 is 0.633 bits per heavy atom. The van der Waals surface area contributed by atoms with Crippen LogP contribution in [0.1, 0.15) is 9.68 Å². The van der Waals surface area contributed by atoms with Gasteiger partial charge in [-0.25, -0.2) is 0 Å². The number of fused-ring (bicyclic) bond motifs is 3. The molecule has 243 valence electrons. The average Bonchev–Trinajstić information content (AvgIpc) is 3.54. The Hall–Kier alpha value is -4.61. The first kappa shape index (κ1) is 30.5. The minimum absolute atomic E-state index is 0. The SMILES string of the molecule is [2H]C([2H])([2H])c1cc(-c2[c-]ccc3c2oc2cc(-c4ccccc4)ccc23)ncc1-c1ccccc1.[CH3][Ge]([CH3])([CH3])[c]1ccc(-c2[c-]cccc2)nc1.[Ir]. The Balaban J connectivity index is 0.000000230. The molecule has 0 atom stereocenters. The van der Waals surface area contributed by atoms with Crippen molar-refractivity contribution in [2.45, 2.75) is 24.1 Å². The third kappa shape index (κ3) is 7.53. The monoisotopic (exact) mass is 878 g/mol. The van der Waals surface area contributed by atoms with E-state index in [2.05, 4.69) is 75.8 Å². The van der Waals surface area contributed by atoms with E-state index < -0.39 is 20.1 Å². The summed E-state index contributed by atoms with van der Waals surface area (Å²) in [5.41, 5.74) is 8.49. The molecule has 5 heteroatoms. The van der Waals surface area contributed by atoms with E-state index in [9.17, 15) is 0 Å². The van der Waals surface area contributed by atoms with Gasteiger partial charge in [0.25, 0.3) is 0 Å². The summed E-state index contributed by atoms with van der Waals surface area (Å²) in [5.74, 6) is 7.14. The van der Waals surface area contributed by atoms with Crippen LogP contribution in [0.2, 0.25) is 17.3 Å². The van der Waals surface area contributed by atoms with Crippen molar-refractivity contribution in [1.82, 2.24) is 9.97 Å². The molecule has 0 aliphatic heterocycles. The van der Waals surface area contributed by atoms with Crippen molar-refractivity contribution in [3.63, 3.8) is 0 Å². The van der Waals surface area contributed by atoms with Crippen LogP contribution in [0, 0.1) is 19.0 Å². The Morgan fingerprint density at radius 3 is 2.04 bits per heavy atom. The summed E-state index contributed by atoms with van der Waals surface area (Å²) in [5, 5.41) is 1.93. The first-order valence-corrected chi connectivity index (χ1v) is 23.3. The van der Waals surface area contributed by atoms with Crippen LogP contribution in [0.3, 0.4) is 0 Å². The van der Waals surface area contributed by atoms with Crippen LogP contribution in [-0.4, -0.2) is 23.2 Å². The molecular formula is C44H36GeIrN2O-2. The van der Waals surface area contributed by atoms with Crippen molar-refractivity contribution in [1.29, 1.82) is 0 Å². The van der Waals surface area contributed by atoms with Gasteiger partial charge in [0.1, 0.15) is 5.58 Å². The number of aromatic nitrogens is 2. The average molecular weight is 877 g/mol. The zero-order valence-electron chi connectivity index (χ0n) is 30.5. The molecule has 0 saturated heterocycles. The number of rotatable bonds is 5. The number of furan rings is 1. The Morgan fingerprint density at radius 2 is 1.37 bits per heavy atom. The predicted molar refractivity (Wildman–Crippen MR) is 203 cm³/mol. The van der Waals surface area contributed by atoms with Crippen molar-refractivity contribution in [2.24, 2.45) is 0 Å². The third-order valence-electron chi connectivity index (χ3n) is 8.40. The summed E-state index contributed by atoms with van der Waals surface area (Å²) in [4.78, 5) is 9.17. The topological polar surface area (TPSA) is 38.9 Å². The van der Waals surface area contributed by atoms with E-state index >= 15 is 0 Å². The fourth-order valence-corrected chi connectivity index (χ4v) is 7.90. The molecule has 0 spiro atoms. The molecule has 5 aromatic carbocycles. The summed E-state index contributed by atoms with van der Waals surface area (Å²) < 4.78 is 32.2. The number of aryl methyl sites for hydroxylation is 1.